The molecular weight excluding hydrogens is 414 g/mol. The molecule has 2 rings (SSSR count). The van der Waals surface area contributed by atoms with E-state index < -0.39 is 16.0 Å². The highest BCUT2D eigenvalue weighted by Crippen LogP contribution is 2.28. The van der Waals surface area contributed by atoms with Crippen molar-refractivity contribution in [2.24, 2.45) is 0 Å². The zero-order valence-corrected chi connectivity index (χ0v) is 15.3. The number of hydrogen-bond donors (Lipinski definition) is 1. The number of ether oxygens (including phenoxy) is 1. The first-order chi connectivity index (χ1) is 10.3. The molecule has 1 aromatic carbocycles. The third-order valence-electron chi connectivity index (χ3n) is 2.53. The Balaban J connectivity index is 2.30. The van der Waals surface area contributed by atoms with Gasteiger partial charge in [0.1, 0.15) is 4.21 Å². The minimum Gasteiger partial charge on any atom is -0.462 e. The van der Waals surface area contributed by atoms with Gasteiger partial charge in [-0.25, -0.2) is 13.2 Å². The van der Waals surface area contributed by atoms with Crippen molar-refractivity contribution >= 4 is 60.5 Å². The maximum atomic E-state index is 12.2. The van der Waals surface area contributed by atoms with E-state index in [1.165, 1.54) is 24.3 Å². The molecule has 5 nitrogen and oxygen atoms in total. The Morgan fingerprint density at radius 1 is 1.36 bits per heavy atom. The molecule has 0 bridgehead atoms. The lowest BCUT2D eigenvalue weighted by Gasteiger charge is -2.09. The van der Waals surface area contributed by atoms with Gasteiger partial charge in [0, 0.05) is 5.69 Å². The highest BCUT2D eigenvalue weighted by atomic mass is 79.9. The molecule has 0 amide bonds. The molecule has 1 heterocycles. The Morgan fingerprint density at radius 3 is 2.68 bits per heavy atom. The van der Waals surface area contributed by atoms with E-state index in [4.69, 9.17) is 16.3 Å². The fourth-order valence-electron chi connectivity index (χ4n) is 1.60. The lowest BCUT2D eigenvalue weighted by Crippen LogP contribution is -2.12. The molecule has 2 aromatic rings. The Morgan fingerprint density at radius 2 is 2.09 bits per heavy atom. The van der Waals surface area contributed by atoms with Crippen LogP contribution in [0, 0.1) is 0 Å². The van der Waals surface area contributed by atoms with Crippen molar-refractivity contribution in [3.05, 3.63) is 44.7 Å². The van der Waals surface area contributed by atoms with Crippen LogP contribution in [0.15, 0.2) is 38.3 Å². The highest BCUT2D eigenvalue weighted by molar-refractivity contribution is 9.11. The van der Waals surface area contributed by atoms with Gasteiger partial charge in [0.2, 0.25) is 0 Å². The maximum absolute atomic E-state index is 12.2. The van der Waals surface area contributed by atoms with Gasteiger partial charge in [-0.05, 0) is 53.2 Å². The van der Waals surface area contributed by atoms with Crippen LogP contribution < -0.4 is 4.72 Å². The number of benzene rings is 1. The molecule has 0 radical (unpaired) electrons. The number of halogens is 2. The fourth-order valence-corrected chi connectivity index (χ4v) is 4.86. The van der Waals surface area contributed by atoms with Crippen molar-refractivity contribution in [2.75, 3.05) is 11.3 Å². The predicted octanol–water partition coefficient (Wildman–Crippen LogP) is 4.14. The van der Waals surface area contributed by atoms with Gasteiger partial charge in [0.05, 0.1) is 21.0 Å². The Hall–Kier alpha value is -1.09. The standard InChI is InChI=1S/C13H11BrClNO4S2/c1-2-20-13(17)9-7-8(3-4-10(9)15)16-22(18,19)12-6-5-11(14)21-12/h3-7,16H,2H2,1H3. The molecular formula is C13H11BrClNO4S2. The number of anilines is 1. The molecule has 9 heteroatoms. The maximum Gasteiger partial charge on any atom is 0.339 e. The van der Waals surface area contributed by atoms with E-state index in [-0.39, 0.29) is 27.1 Å². The van der Waals surface area contributed by atoms with Crippen LogP contribution in [0.1, 0.15) is 17.3 Å². The topological polar surface area (TPSA) is 72.5 Å². The molecule has 0 unspecified atom stereocenters. The van der Waals surface area contributed by atoms with E-state index in [1.54, 1.807) is 13.0 Å². The summed E-state index contributed by atoms with van der Waals surface area (Å²) in [6.07, 6.45) is 0. The van der Waals surface area contributed by atoms with Gasteiger partial charge in [-0.2, -0.15) is 0 Å². The summed E-state index contributed by atoms with van der Waals surface area (Å²) in [4.78, 5) is 11.8. The molecule has 0 aliphatic carbocycles. The Labute approximate surface area is 145 Å². The molecule has 0 saturated heterocycles. The van der Waals surface area contributed by atoms with Crippen LogP contribution in [0.25, 0.3) is 0 Å². The van der Waals surface area contributed by atoms with E-state index >= 15 is 0 Å². The first kappa shape index (κ1) is 17.3. The molecule has 0 spiro atoms. The summed E-state index contributed by atoms with van der Waals surface area (Å²) in [5.74, 6) is -0.604. The molecule has 118 valence electrons. The number of esters is 1. The van der Waals surface area contributed by atoms with Gasteiger partial charge in [-0.1, -0.05) is 11.6 Å². The van der Waals surface area contributed by atoms with Crippen LogP contribution in [0.4, 0.5) is 5.69 Å². The molecule has 0 saturated carbocycles. The molecule has 22 heavy (non-hydrogen) atoms. The lowest BCUT2D eigenvalue weighted by atomic mass is 10.2. The van der Waals surface area contributed by atoms with Gasteiger partial charge >= 0.3 is 5.97 Å². The summed E-state index contributed by atoms with van der Waals surface area (Å²) in [5.41, 5.74) is 0.341. The molecule has 0 fully saturated rings. The quantitative estimate of drug-likeness (QED) is 0.732. The summed E-state index contributed by atoms with van der Waals surface area (Å²) in [6.45, 7) is 1.88. The van der Waals surface area contributed by atoms with Gasteiger partial charge in [0.25, 0.3) is 10.0 Å². The van der Waals surface area contributed by atoms with E-state index in [0.29, 0.717) is 3.79 Å². The molecule has 1 N–H and O–H groups in total. The van der Waals surface area contributed by atoms with E-state index in [9.17, 15) is 13.2 Å². The predicted molar refractivity (Wildman–Crippen MR) is 90.2 cm³/mol. The second-order valence-electron chi connectivity index (χ2n) is 4.08. The summed E-state index contributed by atoms with van der Waals surface area (Å²) < 4.78 is 32.6. The first-order valence-corrected chi connectivity index (χ1v) is 9.55. The second kappa shape index (κ2) is 6.99. The first-order valence-electron chi connectivity index (χ1n) is 6.08. The number of carbonyl (C=O) groups excluding carboxylic acids is 1. The van der Waals surface area contributed by atoms with Gasteiger partial charge < -0.3 is 4.74 Å². The lowest BCUT2D eigenvalue weighted by molar-refractivity contribution is 0.0526. The smallest absolute Gasteiger partial charge is 0.339 e. The molecule has 1 aromatic heterocycles. The summed E-state index contributed by atoms with van der Waals surface area (Å²) >= 11 is 10.2. The SMILES string of the molecule is CCOC(=O)c1cc(NS(=O)(=O)c2ccc(Br)s2)ccc1Cl. The molecule has 0 atom stereocenters. The monoisotopic (exact) mass is 423 g/mol. The average molecular weight is 425 g/mol. The van der Waals surface area contributed by atoms with Crippen LogP contribution in [-0.4, -0.2) is 21.0 Å². The van der Waals surface area contributed by atoms with Crippen molar-refractivity contribution in [1.82, 2.24) is 0 Å². The van der Waals surface area contributed by atoms with E-state index in [0.717, 1.165) is 11.3 Å². The van der Waals surface area contributed by atoms with Gasteiger partial charge in [0.15, 0.2) is 0 Å². The van der Waals surface area contributed by atoms with Crippen molar-refractivity contribution < 1.29 is 17.9 Å². The van der Waals surface area contributed by atoms with Crippen molar-refractivity contribution in [2.45, 2.75) is 11.1 Å². The van der Waals surface area contributed by atoms with E-state index in [1.807, 2.05) is 0 Å². The largest absolute Gasteiger partial charge is 0.462 e. The number of thiophene rings is 1. The summed E-state index contributed by atoms with van der Waals surface area (Å²) in [6, 6.07) is 7.40. The Bertz CT molecular complexity index is 804. The fraction of sp³-hybridized carbons (Fsp3) is 0.154. The molecule has 0 aliphatic heterocycles. The highest BCUT2D eigenvalue weighted by Gasteiger charge is 2.18. The zero-order chi connectivity index (χ0) is 16.3. The van der Waals surface area contributed by atoms with E-state index in [2.05, 4.69) is 20.7 Å². The van der Waals surface area contributed by atoms with Crippen LogP contribution >= 0.6 is 38.9 Å². The number of rotatable bonds is 5. The van der Waals surface area contributed by atoms with Crippen molar-refractivity contribution in [3.8, 4) is 0 Å². The number of carbonyl (C=O) groups is 1. The summed E-state index contributed by atoms with van der Waals surface area (Å²) in [5, 5.41) is 0.195. The van der Waals surface area contributed by atoms with Gasteiger partial charge in [-0.15, -0.1) is 11.3 Å². The second-order valence-corrected chi connectivity index (χ2v) is 8.86. The van der Waals surface area contributed by atoms with Crippen LogP contribution in [-0.2, 0) is 14.8 Å². The number of nitrogens with one attached hydrogen (secondary N) is 1. The minimum atomic E-state index is -3.72. The number of hydrogen-bond acceptors (Lipinski definition) is 5. The van der Waals surface area contributed by atoms with Crippen LogP contribution in [0.3, 0.4) is 0 Å². The minimum absolute atomic E-state index is 0.107. The zero-order valence-electron chi connectivity index (χ0n) is 11.3. The van der Waals surface area contributed by atoms with Gasteiger partial charge in [-0.3, -0.25) is 4.72 Å². The third kappa shape index (κ3) is 4.01. The van der Waals surface area contributed by atoms with Crippen molar-refractivity contribution in [1.29, 1.82) is 0 Å². The van der Waals surface area contributed by atoms with Crippen LogP contribution in [0.2, 0.25) is 5.02 Å². The number of sulfonamides is 1. The van der Waals surface area contributed by atoms with Crippen molar-refractivity contribution in [3.63, 3.8) is 0 Å². The van der Waals surface area contributed by atoms with Crippen LogP contribution in [0.5, 0.6) is 0 Å². The average Bonchev–Trinajstić information content (AvgIpc) is 2.88. The third-order valence-corrected chi connectivity index (χ3v) is 6.35. The summed E-state index contributed by atoms with van der Waals surface area (Å²) in [7, 11) is -3.72. The normalized spacial score (nSPS) is 11.2. The Kier molecular flexibility index (Phi) is 5.49. The molecule has 0 aliphatic rings.